The maximum absolute atomic E-state index is 9.95. The zero-order chi connectivity index (χ0) is 6.57. The van der Waals surface area contributed by atoms with Crippen LogP contribution in [0.4, 0.5) is 0 Å². The molecule has 0 aromatic rings. The lowest BCUT2D eigenvalue weighted by molar-refractivity contribution is -0.113. The van der Waals surface area contributed by atoms with Crippen molar-refractivity contribution in [3.05, 3.63) is 11.9 Å². The number of aliphatic imine (C=N–C) groups is 1. The molecule has 0 aromatic carbocycles. The highest BCUT2D eigenvalue weighted by atomic mass is 16.1. The van der Waals surface area contributed by atoms with Crippen LogP contribution in [-0.4, -0.2) is 12.6 Å². The molecule has 4 N–H and O–H groups in total. The van der Waals surface area contributed by atoms with E-state index in [1.165, 1.54) is 0 Å². The van der Waals surface area contributed by atoms with Crippen molar-refractivity contribution in [2.45, 2.75) is 0 Å². The minimum absolute atomic E-state index is 0.0394. The van der Waals surface area contributed by atoms with Gasteiger partial charge in [-0.25, -0.2) is 4.99 Å². The third-order valence-corrected chi connectivity index (χ3v) is 0.473. The molecule has 4 heteroatoms. The van der Waals surface area contributed by atoms with Crippen molar-refractivity contribution in [2.75, 3.05) is 0 Å². The Labute approximate surface area is 46.9 Å². The Balaban J connectivity index is 3.94. The van der Waals surface area contributed by atoms with E-state index in [2.05, 4.69) is 17.4 Å². The standard InChI is InChI=1S/C4H7N3O/c1-7-3(5)2-4(6)8/h2H,1,5H2,(H2,6,8)/b3-2-. The van der Waals surface area contributed by atoms with Gasteiger partial charge in [-0.05, 0) is 6.72 Å². The summed E-state index contributed by atoms with van der Waals surface area (Å²) in [6.45, 7) is 3.06. The summed E-state index contributed by atoms with van der Waals surface area (Å²) in [6, 6.07) is 0. The van der Waals surface area contributed by atoms with Crippen LogP contribution in [0.15, 0.2) is 16.9 Å². The van der Waals surface area contributed by atoms with Gasteiger partial charge in [0.2, 0.25) is 5.91 Å². The SMILES string of the molecule is C=N/C(N)=C\C(N)=O. The fourth-order valence-corrected chi connectivity index (χ4v) is 0.191. The molecule has 0 aliphatic heterocycles. The molecule has 0 heterocycles. The Morgan fingerprint density at radius 2 is 2.12 bits per heavy atom. The molecule has 0 rings (SSSR count). The second-order valence-corrected chi connectivity index (χ2v) is 1.13. The van der Waals surface area contributed by atoms with Gasteiger partial charge in [0.05, 0.1) is 0 Å². The number of hydrogen-bond donors (Lipinski definition) is 2. The molecule has 0 spiro atoms. The predicted octanol–water partition coefficient (Wildman–Crippen LogP) is -1.03. The number of nitrogens with zero attached hydrogens (tertiary/aromatic N) is 1. The van der Waals surface area contributed by atoms with E-state index in [0.29, 0.717) is 0 Å². The maximum Gasteiger partial charge on any atom is 0.245 e. The maximum atomic E-state index is 9.95. The Morgan fingerprint density at radius 3 is 2.25 bits per heavy atom. The average molecular weight is 113 g/mol. The molecule has 0 fully saturated rings. The lowest BCUT2D eigenvalue weighted by Crippen LogP contribution is -2.09. The van der Waals surface area contributed by atoms with Crippen molar-refractivity contribution in [3.63, 3.8) is 0 Å². The van der Waals surface area contributed by atoms with Gasteiger partial charge in [-0.1, -0.05) is 0 Å². The first kappa shape index (κ1) is 6.68. The van der Waals surface area contributed by atoms with Gasteiger partial charge in [-0.2, -0.15) is 0 Å². The number of hydrogen-bond acceptors (Lipinski definition) is 3. The molecule has 0 bridgehead atoms. The summed E-state index contributed by atoms with van der Waals surface area (Å²) in [4.78, 5) is 13.2. The zero-order valence-corrected chi connectivity index (χ0v) is 4.29. The van der Waals surface area contributed by atoms with Crippen LogP contribution < -0.4 is 11.5 Å². The van der Waals surface area contributed by atoms with Crippen LogP contribution in [0.5, 0.6) is 0 Å². The van der Waals surface area contributed by atoms with Crippen LogP contribution in [0.1, 0.15) is 0 Å². The summed E-state index contributed by atoms with van der Waals surface area (Å²) in [5.74, 6) is -0.576. The Hall–Kier alpha value is -1.32. The lowest BCUT2D eigenvalue weighted by Gasteiger charge is -1.84. The Bertz CT molecular complexity index is 138. The van der Waals surface area contributed by atoms with Gasteiger partial charge in [0.15, 0.2) is 0 Å². The molecule has 0 aromatic heterocycles. The van der Waals surface area contributed by atoms with Crippen molar-refractivity contribution >= 4 is 12.6 Å². The summed E-state index contributed by atoms with van der Waals surface area (Å²) in [7, 11) is 0. The number of carbonyl (C=O) groups is 1. The average Bonchev–Trinajstić information content (AvgIpc) is 1.65. The molecule has 0 saturated carbocycles. The third kappa shape index (κ3) is 2.89. The number of amides is 1. The molecule has 1 amide bonds. The molecular formula is C4H7N3O. The van der Waals surface area contributed by atoms with Gasteiger partial charge in [0.25, 0.3) is 0 Å². The van der Waals surface area contributed by atoms with E-state index in [0.717, 1.165) is 6.08 Å². The van der Waals surface area contributed by atoms with E-state index in [1.807, 2.05) is 0 Å². The molecule has 0 aliphatic rings. The second kappa shape index (κ2) is 2.79. The minimum atomic E-state index is -0.616. The minimum Gasteiger partial charge on any atom is -0.384 e. The second-order valence-electron chi connectivity index (χ2n) is 1.13. The van der Waals surface area contributed by atoms with Crippen molar-refractivity contribution in [3.8, 4) is 0 Å². The van der Waals surface area contributed by atoms with E-state index < -0.39 is 5.91 Å². The van der Waals surface area contributed by atoms with Gasteiger partial charge >= 0.3 is 0 Å². The predicted molar refractivity (Wildman–Crippen MR) is 31.0 cm³/mol. The lowest BCUT2D eigenvalue weighted by atomic mass is 10.5. The Morgan fingerprint density at radius 1 is 1.62 bits per heavy atom. The number of nitrogens with two attached hydrogens (primary N) is 2. The fourth-order valence-electron chi connectivity index (χ4n) is 0.191. The van der Waals surface area contributed by atoms with Gasteiger partial charge in [-0.15, -0.1) is 0 Å². The van der Waals surface area contributed by atoms with Crippen LogP contribution >= 0.6 is 0 Å². The first-order chi connectivity index (χ1) is 3.66. The summed E-state index contributed by atoms with van der Waals surface area (Å²) >= 11 is 0. The van der Waals surface area contributed by atoms with E-state index in [1.54, 1.807) is 0 Å². The molecule has 4 nitrogen and oxygen atoms in total. The molecule has 0 saturated heterocycles. The van der Waals surface area contributed by atoms with Crippen LogP contribution in [0, 0.1) is 0 Å². The Kier molecular flexibility index (Phi) is 2.33. The van der Waals surface area contributed by atoms with Crippen LogP contribution in [-0.2, 0) is 4.79 Å². The highest BCUT2D eigenvalue weighted by Crippen LogP contribution is 1.79. The van der Waals surface area contributed by atoms with Gasteiger partial charge in [0.1, 0.15) is 5.82 Å². The number of primary amides is 1. The largest absolute Gasteiger partial charge is 0.384 e. The zero-order valence-electron chi connectivity index (χ0n) is 4.29. The molecular weight excluding hydrogens is 106 g/mol. The summed E-state index contributed by atoms with van der Waals surface area (Å²) in [6.07, 6.45) is 0.993. The summed E-state index contributed by atoms with van der Waals surface area (Å²) < 4.78 is 0. The normalized spacial score (nSPS) is 10.8. The molecule has 0 atom stereocenters. The smallest absolute Gasteiger partial charge is 0.245 e. The third-order valence-electron chi connectivity index (χ3n) is 0.473. The number of rotatable bonds is 2. The van der Waals surface area contributed by atoms with Crippen molar-refractivity contribution in [1.82, 2.24) is 0 Å². The van der Waals surface area contributed by atoms with Gasteiger partial charge < -0.3 is 11.5 Å². The highest BCUT2D eigenvalue weighted by Gasteiger charge is 1.85. The molecule has 44 valence electrons. The first-order valence-corrected chi connectivity index (χ1v) is 1.90. The van der Waals surface area contributed by atoms with Crippen molar-refractivity contribution < 1.29 is 4.79 Å². The van der Waals surface area contributed by atoms with Crippen LogP contribution in [0.3, 0.4) is 0 Å². The van der Waals surface area contributed by atoms with E-state index in [9.17, 15) is 4.79 Å². The quantitative estimate of drug-likeness (QED) is 0.354. The number of carbonyl (C=O) groups excluding carboxylic acids is 1. The fraction of sp³-hybridized carbons (Fsp3) is 0. The summed E-state index contributed by atoms with van der Waals surface area (Å²) in [5, 5.41) is 0. The van der Waals surface area contributed by atoms with Crippen LogP contribution in [0.2, 0.25) is 0 Å². The summed E-state index contributed by atoms with van der Waals surface area (Å²) in [5.41, 5.74) is 9.69. The van der Waals surface area contributed by atoms with E-state index in [4.69, 9.17) is 5.73 Å². The monoisotopic (exact) mass is 113 g/mol. The van der Waals surface area contributed by atoms with Gasteiger partial charge in [0, 0.05) is 6.08 Å². The van der Waals surface area contributed by atoms with Crippen molar-refractivity contribution in [1.29, 1.82) is 0 Å². The molecule has 8 heavy (non-hydrogen) atoms. The molecule has 0 aliphatic carbocycles. The van der Waals surface area contributed by atoms with E-state index in [-0.39, 0.29) is 5.82 Å². The molecule has 0 radical (unpaired) electrons. The van der Waals surface area contributed by atoms with Crippen LogP contribution in [0.25, 0.3) is 0 Å². The van der Waals surface area contributed by atoms with Gasteiger partial charge in [-0.3, -0.25) is 4.79 Å². The molecule has 0 unspecified atom stereocenters. The first-order valence-electron chi connectivity index (χ1n) is 1.90. The highest BCUT2D eigenvalue weighted by molar-refractivity contribution is 5.86. The topological polar surface area (TPSA) is 81.5 Å². The van der Waals surface area contributed by atoms with Crippen molar-refractivity contribution in [2.24, 2.45) is 16.5 Å². The van der Waals surface area contributed by atoms with E-state index >= 15 is 0 Å².